The van der Waals surface area contributed by atoms with Gasteiger partial charge in [-0.25, -0.2) is 0 Å². The molecule has 0 aromatic carbocycles. The lowest BCUT2D eigenvalue weighted by molar-refractivity contribution is -0.149. The van der Waals surface area contributed by atoms with E-state index < -0.39 is 0 Å². The molecule has 1 atom stereocenters. The molecule has 0 saturated carbocycles. The van der Waals surface area contributed by atoms with Gasteiger partial charge in [-0.1, -0.05) is 20.3 Å². The first-order valence-electron chi connectivity index (χ1n) is 5.77. The first kappa shape index (κ1) is 14.1. The fraction of sp³-hybridized carbons (Fsp3) is 0.833. The number of ketones is 1. The fourth-order valence-electron chi connectivity index (χ4n) is 1.30. The highest BCUT2D eigenvalue weighted by molar-refractivity contribution is 5.77. The first-order valence-corrected chi connectivity index (χ1v) is 5.77. The summed E-state index contributed by atoms with van der Waals surface area (Å²) < 4.78 is 5.12. The van der Waals surface area contributed by atoms with Gasteiger partial charge in [-0.05, 0) is 26.2 Å². The van der Waals surface area contributed by atoms with Crippen LogP contribution in [-0.4, -0.2) is 18.4 Å². The molecule has 0 amide bonds. The van der Waals surface area contributed by atoms with Crippen LogP contribution in [0, 0.1) is 5.92 Å². The van der Waals surface area contributed by atoms with Crippen molar-refractivity contribution in [2.75, 3.05) is 6.61 Å². The lowest BCUT2D eigenvalue weighted by Crippen LogP contribution is -2.18. The van der Waals surface area contributed by atoms with Crippen LogP contribution in [0.25, 0.3) is 0 Å². The van der Waals surface area contributed by atoms with Crippen LogP contribution in [0.5, 0.6) is 0 Å². The molecule has 0 aliphatic rings. The Morgan fingerprint density at radius 3 is 2.40 bits per heavy atom. The summed E-state index contributed by atoms with van der Waals surface area (Å²) in [5, 5.41) is 0. The molecule has 0 aromatic rings. The second-order valence-corrected chi connectivity index (χ2v) is 3.87. The van der Waals surface area contributed by atoms with Crippen molar-refractivity contribution < 1.29 is 14.3 Å². The van der Waals surface area contributed by atoms with Crippen molar-refractivity contribution in [3.05, 3.63) is 0 Å². The Hall–Kier alpha value is -0.860. The molecule has 3 heteroatoms. The summed E-state index contributed by atoms with van der Waals surface area (Å²) in [6, 6.07) is 0. The second-order valence-electron chi connectivity index (χ2n) is 3.87. The zero-order chi connectivity index (χ0) is 11.7. The van der Waals surface area contributed by atoms with Crippen molar-refractivity contribution in [1.82, 2.24) is 0 Å². The molecule has 0 spiro atoms. The number of Topliss-reactive ketones (excluding diaryl/α,β-unsaturated/α-hetero) is 1. The van der Waals surface area contributed by atoms with Crippen LogP contribution in [-0.2, 0) is 14.3 Å². The monoisotopic (exact) mass is 214 g/mol. The SMILES string of the molecule is CCCCOC(=O)C(CC)CCC(C)=O. The molecule has 0 fully saturated rings. The third-order valence-corrected chi connectivity index (χ3v) is 2.41. The predicted molar refractivity (Wildman–Crippen MR) is 59.6 cm³/mol. The zero-order valence-corrected chi connectivity index (χ0v) is 10.0. The number of hydrogen-bond acceptors (Lipinski definition) is 3. The summed E-state index contributed by atoms with van der Waals surface area (Å²) in [5.41, 5.74) is 0. The Kier molecular flexibility index (Phi) is 7.96. The summed E-state index contributed by atoms with van der Waals surface area (Å²) in [5.74, 6) is -0.118. The number of carbonyl (C=O) groups excluding carboxylic acids is 2. The molecule has 0 heterocycles. The quantitative estimate of drug-likeness (QED) is 0.461. The maximum Gasteiger partial charge on any atom is 0.308 e. The van der Waals surface area contributed by atoms with Crippen molar-refractivity contribution >= 4 is 11.8 Å². The largest absolute Gasteiger partial charge is 0.465 e. The molecule has 0 rings (SSSR count). The van der Waals surface area contributed by atoms with E-state index in [1.54, 1.807) is 6.92 Å². The van der Waals surface area contributed by atoms with Crippen LogP contribution < -0.4 is 0 Å². The lowest BCUT2D eigenvalue weighted by Gasteiger charge is -2.12. The summed E-state index contributed by atoms with van der Waals surface area (Å²) in [6.45, 7) is 6.06. The maximum absolute atomic E-state index is 11.5. The van der Waals surface area contributed by atoms with Crippen LogP contribution >= 0.6 is 0 Å². The van der Waals surface area contributed by atoms with E-state index >= 15 is 0 Å². The molecule has 3 nitrogen and oxygen atoms in total. The first-order chi connectivity index (χ1) is 7.11. The van der Waals surface area contributed by atoms with Crippen molar-refractivity contribution in [2.24, 2.45) is 5.92 Å². The van der Waals surface area contributed by atoms with Gasteiger partial charge >= 0.3 is 5.97 Å². The van der Waals surface area contributed by atoms with E-state index in [9.17, 15) is 9.59 Å². The minimum absolute atomic E-state index is 0.106. The molecule has 0 saturated heterocycles. The summed E-state index contributed by atoms with van der Waals surface area (Å²) in [4.78, 5) is 22.3. The Balaban J connectivity index is 3.82. The average molecular weight is 214 g/mol. The topological polar surface area (TPSA) is 43.4 Å². The van der Waals surface area contributed by atoms with Gasteiger partial charge in [0, 0.05) is 6.42 Å². The third kappa shape index (κ3) is 7.11. The van der Waals surface area contributed by atoms with Gasteiger partial charge in [0.05, 0.1) is 12.5 Å². The molecule has 0 aromatic heterocycles. The van der Waals surface area contributed by atoms with Gasteiger partial charge in [-0.15, -0.1) is 0 Å². The van der Waals surface area contributed by atoms with Crippen molar-refractivity contribution in [1.29, 1.82) is 0 Å². The molecule has 15 heavy (non-hydrogen) atoms. The smallest absolute Gasteiger partial charge is 0.308 e. The molecule has 0 bridgehead atoms. The van der Waals surface area contributed by atoms with Gasteiger partial charge in [0.15, 0.2) is 0 Å². The van der Waals surface area contributed by atoms with Crippen molar-refractivity contribution in [3.8, 4) is 0 Å². The number of esters is 1. The Morgan fingerprint density at radius 2 is 1.93 bits per heavy atom. The highest BCUT2D eigenvalue weighted by Gasteiger charge is 2.17. The number of ether oxygens (including phenoxy) is 1. The minimum Gasteiger partial charge on any atom is -0.465 e. The van der Waals surface area contributed by atoms with E-state index in [0.717, 1.165) is 19.3 Å². The molecule has 0 aliphatic heterocycles. The van der Waals surface area contributed by atoms with Gasteiger partial charge in [-0.2, -0.15) is 0 Å². The molecule has 0 N–H and O–H groups in total. The standard InChI is InChI=1S/C12H22O3/c1-4-6-9-15-12(14)11(5-2)8-7-10(3)13/h11H,4-9H2,1-3H3. The van der Waals surface area contributed by atoms with E-state index in [1.807, 2.05) is 6.92 Å². The number of hydrogen-bond donors (Lipinski definition) is 0. The number of carbonyl (C=O) groups is 2. The van der Waals surface area contributed by atoms with Gasteiger partial charge in [0.25, 0.3) is 0 Å². The van der Waals surface area contributed by atoms with Gasteiger partial charge in [-0.3, -0.25) is 4.79 Å². The van der Waals surface area contributed by atoms with Crippen molar-refractivity contribution in [2.45, 2.75) is 52.9 Å². The van der Waals surface area contributed by atoms with Gasteiger partial charge in [0.2, 0.25) is 0 Å². The van der Waals surface area contributed by atoms with Crippen molar-refractivity contribution in [3.63, 3.8) is 0 Å². The van der Waals surface area contributed by atoms with Crippen LogP contribution in [0.4, 0.5) is 0 Å². The van der Waals surface area contributed by atoms with E-state index in [0.29, 0.717) is 19.4 Å². The average Bonchev–Trinajstić information content (AvgIpc) is 2.18. The number of unbranched alkanes of at least 4 members (excludes halogenated alkanes) is 1. The van der Waals surface area contributed by atoms with Gasteiger partial charge < -0.3 is 9.53 Å². The zero-order valence-electron chi connectivity index (χ0n) is 10.0. The normalized spacial score (nSPS) is 12.2. The lowest BCUT2D eigenvalue weighted by atomic mass is 9.99. The Labute approximate surface area is 92.2 Å². The minimum atomic E-state index is -0.146. The van der Waals surface area contributed by atoms with E-state index in [1.165, 1.54) is 0 Å². The Morgan fingerprint density at radius 1 is 1.27 bits per heavy atom. The van der Waals surface area contributed by atoms with Crippen LogP contribution in [0.1, 0.15) is 52.9 Å². The van der Waals surface area contributed by atoms with E-state index in [-0.39, 0.29) is 17.7 Å². The van der Waals surface area contributed by atoms with Crippen LogP contribution in [0.2, 0.25) is 0 Å². The van der Waals surface area contributed by atoms with Crippen LogP contribution in [0.3, 0.4) is 0 Å². The van der Waals surface area contributed by atoms with Gasteiger partial charge in [0.1, 0.15) is 5.78 Å². The molecule has 1 unspecified atom stereocenters. The number of rotatable bonds is 8. The highest BCUT2D eigenvalue weighted by atomic mass is 16.5. The van der Waals surface area contributed by atoms with E-state index in [4.69, 9.17) is 4.74 Å². The van der Waals surface area contributed by atoms with Crippen LogP contribution in [0.15, 0.2) is 0 Å². The predicted octanol–water partition coefficient (Wildman–Crippen LogP) is 2.73. The summed E-state index contributed by atoms with van der Waals surface area (Å²) in [6.07, 6.45) is 3.78. The third-order valence-electron chi connectivity index (χ3n) is 2.41. The maximum atomic E-state index is 11.5. The van der Waals surface area contributed by atoms with E-state index in [2.05, 4.69) is 6.92 Å². The molecular weight excluding hydrogens is 192 g/mol. The summed E-state index contributed by atoms with van der Waals surface area (Å²) in [7, 11) is 0. The highest BCUT2D eigenvalue weighted by Crippen LogP contribution is 2.13. The Bertz CT molecular complexity index is 199. The molecule has 0 aliphatic carbocycles. The summed E-state index contributed by atoms with van der Waals surface area (Å²) >= 11 is 0. The second kappa shape index (κ2) is 8.45. The fourth-order valence-corrected chi connectivity index (χ4v) is 1.30. The molecular formula is C12H22O3. The molecule has 88 valence electrons. The molecule has 0 radical (unpaired) electrons.